The normalized spacial score (nSPS) is 31.0. The Balaban J connectivity index is 1.51. The van der Waals surface area contributed by atoms with Crippen molar-refractivity contribution in [3.8, 4) is 0 Å². The molecular formula is C22H31N3O. The average Bonchev–Trinajstić information content (AvgIpc) is 2.91. The summed E-state index contributed by atoms with van der Waals surface area (Å²) in [7, 11) is 0. The van der Waals surface area contributed by atoms with Crippen molar-refractivity contribution < 1.29 is 4.79 Å². The molecule has 0 aromatic heterocycles. The minimum atomic E-state index is 0.0611. The molecule has 0 unspecified atom stereocenters. The van der Waals surface area contributed by atoms with Gasteiger partial charge in [-0.2, -0.15) is 0 Å². The molecule has 2 fully saturated rings. The molecule has 1 saturated carbocycles. The zero-order valence-electron chi connectivity index (χ0n) is 15.8. The van der Waals surface area contributed by atoms with Gasteiger partial charge in [0.15, 0.2) is 0 Å². The Morgan fingerprint density at radius 3 is 2.77 bits per heavy atom. The molecule has 3 aliphatic rings. The number of nitrogens with zero attached hydrogens (tertiary/aromatic N) is 1. The Kier molecular flexibility index (Phi) is 4.66. The number of carbonyl (C=O) groups is 1. The lowest BCUT2D eigenvalue weighted by Crippen LogP contribution is -2.54. The van der Waals surface area contributed by atoms with E-state index in [0.717, 1.165) is 51.6 Å². The quantitative estimate of drug-likeness (QED) is 0.804. The second-order valence-corrected chi connectivity index (χ2v) is 8.58. The summed E-state index contributed by atoms with van der Waals surface area (Å²) in [6, 6.07) is 9.60. The van der Waals surface area contributed by atoms with Crippen molar-refractivity contribution in [3.63, 3.8) is 0 Å². The molecule has 1 heterocycles. The van der Waals surface area contributed by atoms with E-state index in [-0.39, 0.29) is 23.4 Å². The van der Waals surface area contributed by atoms with Crippen LogP contribution in [0.1, 0.15) is 62.6 Å². The van der Waals surface area contributed by atoms with Gasteiger partial charge in [-0.15, -0.1) is 0 Å². The average molecular weight is 354 g/mol. The molecule has 1 saturated heterocycles. The van der Waals surface area contributed by atoms with Crippen LogP contribution in [0.3, 0.4) is 0 Å². The summed E-state index contributed by atoms with van der Waals surface area (Å²) in [4.78, 5) is 14.3. The number of benzene rings is 1. The van der Waals surface area contributed by atoms with Gasteiger partial charge >= 0.3 is 0 Å². The van der Waals surface area contributed by atoms with Crippen LogP contribution in [0.5, 0.6) is 0 Å². The Labute approximate surface area is 156 Å². The Morgan fingerprint density at radius 1 is 1.31 bits per heavy atom. The lowest BCUT2D eigenvalue weighted by molar-refractivity contribution is -0.119. The van der Waals surface area contributed by atoms with Crippen molar-refractivity contribution in [2.75, 3.05) is 13.1 Å². The fourth-order valence-corrected chi connectivity index (χ4v) is 5.54. The largest absolute Gasteiger partial charge is 0.349 e. The van der Waals surface area contributed by atoms with Crippen LogP contribution >= 0.6 is 0 Å². The molecule has 1 aromatic rings. The summed E-state index contributed by atoms with van der Waals surface area (Å²) in [6.45, 7) is 8.01. The van der Waals surface area contributed by atoms with Crippen molar-refractivity contribution >= 4 is 5.91 Å². The zero-order chi connectivity index (χ0) is 18.3. The molecular weight excluding hydrogens is 322 g/mol. The van der Waals surface area contributed by atoms with E-state index in [1.807, 2.05) is 0 Å². The van der Waals surface area contributed by atoms with Crippen molar-refractivity contribution in [3.05, 3.63) is 47.5 Å². The van der Waals surface area contributed by atoms with E-state index in [2.05, 4.69) is 41.1 Å². The van der Waals surface area contributed by atoms with E-state index in [4.69, 9.17) is 5.73 Å². The van der Waals surface area contributed by atoms with Gasteiger partial charge in [0.05, 0.1) is 6.04 Å². The number of hydrogen-bond donors (Lipinski definition) is 2. The second-order valence-electron chi connectivity index (χ2n) is 8.58. The van der Waals surface area contributed by atoms with Crippen molar-refractivity contribution in [1.29, 1.82) is 0 Å². The van der Waals surface area contributed by atoms with E-state index in [9.17, 15) is 4.79 Å². The lowest BCUT2D eigenvalue weighted by Gasteiger charge is -2.46. The SMILES string of the molecule is C=C1CC[C@@H](N)[C@H](N2CCC3(CC2)C[C@H](NC(C)=O)c2ccccc23)C1. The van der Waals surface area contributed by atoms with E-state index in [1.165, 1.54) is 16.7 Å². The molecule has 3 atom stereocenters. The fraction of sp³-hybridized carbons (Fsp3) is 0.591. The van der Waals surface area contributed by atoms with Gasteiger partial charge < -0.3 is 11.1 Å². The van der Waals surface area contributed by atoms with Crippen molar-refractivity contribution in [2.24, 2.45) is 5.73 Å². The van der Waals surface area contributed by atoms with Crippen LogP contribution in [0.2, 0.25) is 0 Å². The first-order valence-electron chi connectivity index (χ1n) is 10.0. The highest BCUT2D eigenvalue weighted by molar-refractivity contribution is 5.73. The lowest BCUT2D eigenvalue weighted by atomic mass is 9.72. The summed E-state index contributed by atoms with van der Waals surface area (Å²) in [5.41, 5.74) is 10.8. The standard InChI is InChI=1S/C22H31N3O/c1-15-7-8-19(23)21(13-15)25-11-9-22(10-12-25)14-20(24-16(2)26)17-5-3-4-6-18(17)22/h3-6,19-21H,1,7-14,23H2,2H3,(H,24,26)/t19-,20+,21-/m1/s1. The van der Waals surface area contributed by atoms with Gasteiger partial charge in [-0.1, -0.05) is 36.4 Å². The second kappa shape index (κ2) is 6.82. The topological polar surface area (TPSA) is 58.4 Å². The highest BCUT2D eigenvalue weighted by Crippen LogP contribution is 2.51. The Bertz CT molecular complexity index is 705. The highest BCUT2D eigenvalue weighted by atomic mass is 16.1. The van der Waals surface area contributed by atoms with Gasteiger partial charge in [0.1, 0.15) is 0 Å². The van der Waals surface area contributed by atoms with Gasteiger partial charge in [0.2, 0.25) is 5.91 Å². The molecule has 1 spiro atoms. The molecule has 4 rings (SSSR count). The van der Waals surface area contributed by atoms with Gasteiger partial charge in [0.25, 0.3) is 0 Å². The minimum absolute atomic E-state index is 0.0611. The first-order chi connectivity index (χ1) is 12.5. The van der Waals surface area contributed by atoms with E-state index in [0.29, 0.717) is 6.04 Å². The number of nitrogens with one attached hydrogen (secondary N) is 1. The molecule has 4 nitrogen and oxygen atoms in total. The number of hydrogen-bond acceptors (Lipinski definition) is 3. The predicted molar refractivity (Wildman–Crippen MR) is 105 cm³/mol. The molecule has 2 aliphatic carbocycles. The molecule has 1 aliphatic heterocycles. The van der Waals surface area contributed by atoms with Crippen LogP contribution in [0.25, 0.3) is 0 Å². The number of carbonyl (C=O) groups excluding carboxylic acids is 1. The summed E-state index contributed by atoms with van der Waals surface area (Å²) in [5, 5.41) is 3.17. The van der Waals surface area contributed by atoms with Gasteiger partial charge in [-0.05, 0) is 62.7 Å². The molecule has 1 amide bonds. The molecule has 3 N–H and O–H groups in total. The van der Waals surface area contributed by atoms with Crippen LogP contribution in [0.15, 0.2) is 36.4 Å². The summed E-state index contributed by atoms with van der Waals surface area (Å²) >= 11 is 0. The molecule has 1 aromatic carbocycles. The van der Waals surface area contributed by atoms with Crippen molar-refractivity contribution in [2.45, 2.75) is 69.0 Å². The summed E-state index contributed by atoms with van der Waals surface area (Å²) in [6.07, 6.45) is 6.54. The minimum Gasteiger partial charge on any atom is -0.349 e. The third-order valence-corrected chi connectivity index (χ3v) is 6.93. The van der Waals surface area contributed by atoms with Gasteiger partial charge in [-0.3, -0.25) is 9.69 Å². The van der Waals surface area contributed by atoms with Crippen LogP contribution < -0.4 is 11.1 Å². The first kappa shape index (κ1) is 17.7. The number of piperidine rings is 1. The van der Waals surface area contributed by atoms with Crippen molar-refractivity contribution in [1.82, 2.24) is 10.2 Å². The Hall–Kier alpha value is -1.65. The molecule has 0 radical (unpaired) electrons. The highest BCUT2D eigenvalue weighted by Gasteiger charge is 2.46. The van der Waals surface area contributed by atoms with E-state index < -0.39 is 0 Å². The number of likely N-dealkylation sites (tertiary alicyclic amines) is 1. The molecule has 0 bridgehead atoms. The maximum Gasteiger partial charge on any atom is 0.217 e. The maximum absolute atomic E-state index is 11.7. The smallest absolute Gasteiger partial charge is 0.217 e. The van der Waals surface area contributed by atoms with E-state index in [1.54, 1.807) is 6.92 Å². The predicted octanol–water partition coefficient (Wildman–Crippen LogP) is 3.04. The summed E-state index contributed by atoms with van der Waals surface area (Å²) < 4.78 is 0. The third kappa shape index (κ3) is 3.10. The van der Waals surface area contributed by atoms with Gasteiger partial charge in [0, 0.05) is 24.4 Å². The van der Waals surface area contributed by atoms with Crippen LogP contribution in [0, 0.1) is 0 Å². The number of amides is 1. The molecule has 4 heteroatoms. The van der Waals surface area contributed by atoms with Crippen LogP contribution in [-0.2, 0) is 10.2 Å². The fourth-order valence-electron chi connectivity index (χ4n) is 5.54. The molecule has 140 valence electrons. The van der Waals surface area contributed by atoms with Gasteiger partial charge in [-0.25, -0.2) is 0 Å². The Morgan fingerprint density at radius 2 is 2.04 bits per heavy atom. The number of fused-ring (bicyclic) bond motifs is 2. The van der Waals surface area contributed by atoms with E-state index >= 15 is 0 Å². The van der Waals surface area contributed by atoms with Crippen LogP contribution in [0.4, 0.5) is 0 Å². The zero-order valence-corrected chi connectivity index (χ0v) is 15.8. The monoisotopic (exact) mass is 353 g/mol. The summed E-state index contributed by atoms with van der Waals surface area (Å²) in [5.74, 6) is 0.0611. The first-order valence-corrected chi connectivity index (χ1v) is 10.0. The number of rotatable bonds is 2. The number of nitrogens with two attached hydrogens (primary N) is 1. The molecule has 26 heavy (non-hydrogen) atoms. The maximum atomic E-state index is 11.7. The van der Waals surface area contributed by atoms with Crippen LogP contribution in [-0.4, -0.2) is 36.0 Å². The third-order valence-electron chi connectivity index (χ3n) is 6.93.